The van der Waals surface area contributed by atoms with E-state index in [-0.39, 0.29) is 18.0 Å². The Balaban J connectivity index is 1.59. The maximum Gasteiger partial charge on any atom is 0.263 e. The fraction of sp³-hybridized carbons (Fsp3) is 0.263. The third-order valence-corrected chi connectivity index (χ3v) is 4.10. The highest BCUT2D eigenvalue weighted by molar-refractivity contribution is 5.77. The number of rotatable bonds is 7. The van der Waals surface area contributed by atoms with Crippen molar-refractivity contribution in [2.24, 2.45) is 0 Å². The zero-order valence-electron chi connectivity index (χ0n) is 15.1. The summed E-state index contributed by atoms with van der Waals surface area (Å²) in [4.78, 5) is 32.7. The van der Waals surface area contributed by atoms with Gasteiger partial charge < -0.3 is 14.8 Å². The molecule has 8 nitrogen and oxygen atoms in total. The lowest BCUT2D eigenvalue weighted by Crippen LogP contribution is -2.33. The Labute approximate surface area is 155 Å². The number of benzene rings is 1. The van der Waals surface area contributed by atoms with Crippen LogP contribution in [0.15, 0.2) is 47.7 Å². The molecule has 2 heterocycles. The van der Waals surface area contributed by atoms with Gasteiger partial charge in [-0.1, -0.05) is 6.07 Å². The Kier molecular flexibility index (Phi) is 5.65. The van der Waals surface area contributed by atoms with Crippen LogP contribution in [0.4, 0.5) is 0 Å². The van der Waals surface area contributed by atoms with Gasteiger partial charge in [-0.15, -0.1) is 0 Å². The Morgan fingerprint density at radius 3 is 2.74 bits per heavy atom. The van der Waals surface area contributed by atoms with Crippen LogP contribution < -0.4 is 20.3 Å². The smallest absolute Gasteiger partial charge is 0.263 e. The molecule has 0 radical (unpaired) electrons. The van der Waals surface area contributed by atoms with E-state index in [1.54, 1.807) is 32.5 Å². The summed E-state index contributed by atoms with van der Waals surface area (Å²) in [5.74, 6) is 1.04. The van der Waals surface area contributed by atoms with E-state index in [0.29, 0.717) is 35.5 Å². The zero-order valence-corrected chi connectivity index (χ0v) is 15.1. The van der Waals surface area contributed by atoms with E-state index in [2.05, 4.69) is 15.3 Å². The fourth-order valence-electron chi connectivity index (χ4n) is 2.70. The Morgan fingerprint density at radius 2 is 1.96 bits per heavy atom. The molecule has 3 aromatic rings. The molecule has 0 aliphatic rings. The first kappa shape index (κ1) is 18.4. The lowest BCUT2D eigenvalue weighted by atomic mass is 10.1. The summed E-state index contributed by atoms with van der Waals surface area (Å²) in [6.07, 6.45) is 3.53. The number of pyridine rings is 1. The molecular weight excluding hydrogens is 348 g/mol. The van der Waals surface area contributed by atoms with E-state index in [4.69, 9.17) is 9.47 Å². The highest BCUT2D eigenvalue weighted by Crippen LogP contribution is 2.27. The number of carbonyl (C=O) groups is 1. The Morgan fingerprint density at radius 1 is 1.15 bits per heavy atom. The normalized spacial score (nSPS) is 10.6. The number of methoxy groups -OCH3 is 2. The van der Waals surface area contributed by atoms with Crippen LogP contribution in [0.25, 0.3) is 11.0 Å². The molecule has 0 aliphatic carbocycles. The molecule has 2 aromatic heterocycles. The van der Waals surface area contributed by atoms with Gasteiger partial charge in [0, 0.05) is 12.7 Å². The van der Waals surface area contributed by atoms with Gasteiger partial charge in [0.25, 0.3) is 5.56 Å². The van der Waals surface area contributed by atoms with Crippen molar-refractivity contribution in [3.8, 4) is 11.5 Å². The SMILES string of the molecule is COc1ccc(CCNC(=O)Cn2cnc3ncccc3c2=O)cc1OC. The minimum absolute atomic E-state index is 0.0946. The number of ether oxygens (including phenoxy) is 2. The molecule has 0 atom stereocenters. The third kappa shape index (κ3) is 4.22. The summed E-state index contributed by atoms with van der Waals surface area (Å²) in [6.45, 7) is 0.342. The minimum atomic E-state index is -0.289. The average Bonchev–Trinajstić information content (AvgIpc) is 2.70. The van der Waals surface area contributed by atoms with Gasteiger partial charge >= 0.3 is 0 Å². The number of carbonyl (C=O) groups excluding carboxylic acids is 1. The second-order valence-corrected chi connectivity index (χ2v) is 5.84. The van der Waals surface area contributed by atoms with E-state index in [0.717, 1.165) is 5.56 Å². The second kappa shape index (κ2) is 8.31. The number of aromatic nitrogens is 3. The first-order valence-corrected chi connectivity index (χ1v) is 8.40. The van der Waals surface area contributed by atoms with Gasteiger partial charge in [0.2, 0.25) is 5.91 Å². The number of hydrogen-bond donors (Lipinski definition) is 1. The lowest BCUT2D eigenvalue weighted by molar-refractivity contribution is -0.121. The van der Waals surface area contributed by atoms with Crippen molar-refractivity contribution in [1.82, 2.24) is 19.9 Å². The van der Waals surface area contributed by atoms with E-state index < -0.39 is 0 Å². The molecular formula is C19H20N4O4. The predicted octanol–water partition coefficient (Wildman–Crippen LogP) is 1.17. The van der Waals surface area contributed by atoms with E-state index in [9.17, 15) is 9.59 Å². The molecule has 0 saturated carbocycles. The van der Waals surface area contributed by atoms with Crippen LogP contribution in [0.1, 0.15) is 5.56 Å². The molecule has 3 rings (SSSR count). The standard InChI is InChI=1S/C19H20N4O4/c1-26-15-6-5-13(10-16(15)27-2)7-9-20-17(24)11-23-12-22-18-14(19(23)25)4-3-8-21-18/h3-6,8,10,12H,7,9,11H2,1-2H3,(H,20,24). The van der Waals surface area contributed by atoms with Crippen LogP contribution >= 0.6 is 0 Å². The fourth-order valence-corrected chi connectivity index (χ4v) is 2.70. The quantitative estimate of drug-likeness (QED) is 0.673. The van der Waals surface area contributed by atoms with Crippen LogP contribution in [0.3, 0.4) is 0 Å². The third-order valence-electron chi connectivity index (χ3n) is 4.10. The highest BCUT2D eigenvalue weighted by Gasteiger charge is 2.09. The summed E-state index contributed by atoms with van der Waals surface area (Å²) < 4.78 is 11.7. The zero-order chi connectivity index (χ0) is 19.2. The van der Waals surface area contributed by atoms with Crippen molar-refractivity contribution in [3.05, 3.63) is 58.8 Å². The molecule has 0 fully saturated rings. The van der Waals surface area contributed by atoms with Crippen molar-refractivity contribution >= 4 is 16.9 Å². The molecule has 8 heteroatoms. The average molecular weight is 368 g/mol. The molecule has 1 N–H and O–H groups in total. The van der Waals surface area contributed by atoms with Crippen LogP contribution in [0, 0.1) is 0 Å². The Hall–Kier alpha value is -3.42. The van der Waals surface area contributed by atoms with Crippen molar-refractivity contribution in [2.75, 3.05) is 20.8 Å². The van der Waals surface area contributed by atoms with Gasteiger partial charge in [0.05, 0.1) is 19.6 Å². The largest absolute Gasteiger partial charge is 0.493 e. The maximum absolute atomic E-state index is 12.4. The molecule has 1 aromatic carbocycles. The van der Waals surface area contributed by atoms with Crippen molar-refractivity contribution in [2.45, 2.75) is 13.0 Å². The van der Waals surface area contributed by atoms with Crippen LogP contribution in [0.2, 0.25) is 0 Å². The number of nitrogens with zero attached hydrogens (tertiary/aromatic N) is 3. The lowest BCUT2D eigenvalue weighted by Gasteiger charge is -2.10. The number of fused-ring (bicyclic) bond motifs is 1. The summed E-state index contributed by atoms with van der Waals surface area (Å²) in [7, 11) is 3.16. The Bertz CT molecular complexity index is 1020. The predicted molar refractivity (Wildman–Crippen MR) is 100 cm³/mol. The van der Waals surface area contributed by atoms with E-state index >= 15 is 0 Å². The monoisotopic (exact) mass is 368 g/mol. The van der Waals surface area contributed by atoms with Gasteiger partial charge in [-0.05, 0) is 36.2 Å². The van der Waals surface area contributed by atoms with E-state index in [1.807, 2.05) is 18.2 Å². The second-order valence-electron chi connectivity index (χ2n) is 5.84. The van der Waals surface area contributed by atoms with Crippen molar-refractivity contribution in [1.29, 1.82) is 0 Å². The maximum atomic E-state index is 12.4. The molecule has 140 valence electrons. The molecule has 0 saturated heterocycles. The van der Waals surface area contributed by atoms with Gasteiger partial charge in [0.15, 0.2) is 17.1 Å². The molecule has 1 amide bonds. The summed E-state index contributed by atoms with van der Waals surface area (Å²) in [5, 5.41) is 3.19. The van der Waals surface area contributed by atoms with Crippen LogP contribution in [0.5, 0.6) is 11.5 Å². The first-order valence-electron chi connectivity index (χ1n) is 8.40. The van der Waals surface area contributed by atoms with Gasteiger partial charge in [-0.25, -0.2) is 9.97 Å². The number of hydrogen-bond acceptors (Lipinski definition) is 6. The molecule has 27 heavy (non-hydrogen) atoms. The number of nitrogens with one attached hydrogen (secondary N) is 1. The molecule has 0 unspecified atom stereocenters. The summed E-state index contributed by atoms with van der Waals surface area (Å²) in [6, 6.07) is 8.92. The van der Waals surface area contributed by atoms with Crippen molar-refractivity contribution < 1.29 is 14.3 Å². The van der Waals surface area contributed by atoms with Crippen molar-refractivity contribution in [3.63, 3.8) is 0 Å². The van der Waals surface area contributed by atoms with Gasteiger partial charge in [-0.3, -0.25) is 14.2 Å². The molecule has 0 spiro atoms. The van der Waals surface area contributed by atoms with Crippen LogP contribution in [-0.4, -0.2) is 41.2 Å². The summed E-state index contributed by atoms with van der Waals surface area (Å²) >= 11 is 0. The minimum Gasteiger partial charge on any atom is -0.493 e. The van der Waals surface area contributed by atoms with Gasteiger partial charge in [0.1, 0.15) is 12.9 Å². The number of amides is 1. The summed E-state index contributed by atoms with van der Waals surface area (Å²) in [5.41, 5.74) is 1.08. The highest BCUT2D eigenvalue weighted by atomic mass is 16.5. The van der Waals surface area contributed by atoms with Crippen LogP contribution in [-0.2, 0) is 17.8 Å². The molecule has 0 aliphatic heterocycles. The first-order chi connectivity index (χ1) is 13.1. The molecule has 0 bridgehead atoms. The van der Waals surface area contributed by atoms with E-state index in [1.165, 1.54) is 10.9 Å². The topological polar surface area (TPSA) is 95.3 Å². The van der Waals surface area contributed by atoms with Gasteiger partial charge in [-0.2, -0.15) is 0 Å².